The third kappa shape index (κ3) is 9.83. The van der Waals surface area contributed by atoms with E-state index in [1.165, 1.54) is 5.01 Å². The van der Waals surface area contributed by atoms with E-state index in [1.54, 1.807) is 6.92 Å². The van der Waals surface area contributed by atoms with Crippen molar-refractivity contribution >= 4 is 23.7 Å². The summed E-state index contributed by atoms with van der Waals surface area (Å²) in [6, 6.07) is -2.56. The van der Waals surface area contributed by atoms with Crippen LogP contribution in [0, 0.1) is 11.3 Å². The maximum absolute atomic E-state index is 13.2. The first-order valence-electron chi connectivity index (χ1n) is 13.1. The Morgan fingerprint density at radius 1 is 1.19 bits per heavy atom. The van der Waals surface area contributed by atoms with E-state index in [0.29, 0.717) is 32.2 Å². The predicted octanol–water partition coefficient (Wildman–Crippen LogP) is 2.43. The van der Waals surface area contributed by atoms with Gasteiger partial charge in [0.15, 0.2) is 0 Å². The van der Waals surface area contributed by atoms with Crippen LogP contribution in [0.3, 0.4) is 0 Å². The first-order chi connectivity index (χ1) is 17.1. The summed E-state index contributed by atoms with van der Waals surface area (Å²) in [6.45, 7) is 15.4. The van der Waals surface area contributed by atoms with Crippen LogP contribution in [0.2, 0.25) is 0 Å². The highest BCUT2D eigenvalue weighted by Gasteiger charge is 2.35. The van der Waals surface area contributed by atoms with Crippen LogP contribution in [-0.4, -0.2) is 77.5 Å². The number of allylic oxidation sites excluding steroid dienone is 3. The van der Waals surface area contributed by atoms with Gasteiger partial charge in [0, 0.05) is 31.8 Å². The lowest BCUT2D eigenvalue weighted by Gasteiger charge is -2.34. The van der Waals surface area contributed by atoms with Crippen molar-refractivity contribution in [3.8, 4) is 0 Å². The summed E-state index contributed by atoms with van der Waals surface area (Å²) < 4.78 is 0. The van der Waals surface area contributed by atoms with Crippen molar-refractivity contribution in [3.63, 3.8) is 0 Å². The van der Waals surface area contributed by atoms with Gasteiger partial charge in [0.1, 0.15) is 18.1 Å². The maximum Gasteiger partial charge on any atom is 0.322 e. The van der Waals surface area contributed by atoms with Gasteiger partial charge in [0.25, 0.3) is 5.91 Å². The van der Waals surface area contributed by atoms with Gasteiger partial charge in [-0.25, -0.2) is 5.43 Å². The fraction of sp³-hybridized carbons (Fsp3) is 0.704. The summed E-state index contributed by atoms with van der Waals surface area (Å²) in [4.78, 5) is 52.4. The SMILES string of the molecule is C=C(/C=C(/CCC(C)(C)C(=O)N[C@H](C(=O)N[C@@H](C)C(=O)N1CCC[C@@H](C(=O)O)N1)C(C)C)N(C)C)CC. The molecule has 10 heteroatoms. The van der Waals surface area contributed by atoms with Gasteiger partial charge < -0.3 is 20.6 Å². The molecular formula is C27H47N5O5. The summed E-state index contributed by atoms with van der Waals surface area (Å²) in [7, 11) is 3.93. The summed E-state index contributed by atoms with van der Waals surface area (Å²) in [6.07, 6.45) is 5.13. The summed E-state index contributed by atoms with van der Waals surface area (Å²) in [5.74, 6) is -2.36. The smallest absolute Gasteiger partial charge is 0.322 e. The Bertz CT molecular complexity index is 880. The van der Waals surface area contributed by atoms with Crippen LogP contribution in [0.1, 0.15) is 73.6 Å². The Morgan fingerprint density at radius 2 is 1.81 bits per heavy atom. The highest BCUT2D eigenvalue weighted by molar-refractivity contribution is 5.93. The van der Waals surface area contributed by atoms with E-state index in [0.717, 1.165) is 17.7 Å². The summed E-state index contributed by atoms with van der Waals surface area (Å²) in [5.41, 5.74) is 4.07. The van der Waals surface area contributed by atoms with Gasteiger partial charge in [0.05, 0.1) is 0 Å². The highest BCUT2D eigenvalue weighted by Crippen LogP contribution is 2.27. The van der Waals surface area contributed by atoms with Crippen molar-refractivity contribution in [1.29, 1.82) is 0 Å². The van der Waals surface area contributed by atoms with Crippen molar-refractivity contribution < 1.29 is 24.3 Å². The Kier molecular flexibility index (Phi) is 12.3. The molecule has 3 amide bonds. The zero-order valence-corrected chi connectivity index (χ0v) is 23.8. The van der Waals surface area contributed by atoms with Gasteiger partial charge in [-0.15, -0.1) is 0 Å². The van der Waals surface area contributed by atoms with Gasteiger partial charge in [-0.1, -0.05) is 46.8 Å². The van der Waals surface area contributed by atoms with Crippen LogP contribution < -0.4 is 16.1 Å². The number of carbonyl (C=O) groups excluding carboxylic acids is 3. The fourth-order valence-corrected chi connectivity index (χ4v) is 3.91. The predicted molar refractivity (Wildman–Crippen MR) is 144 cm³/mol. The Hall–Kier alpha value is -2.88. The van der Waals surface area contributed by atoms with E-state index in [4.69, 9.17) is 0 Å². The molecule has 1 saturated heterocycles. The standard InChI is InChI=1S/C27H47N5O5/c1-10-18(4)16-20(31(8)9)13-14-27(6,7)26(37)29-22(17(2)3)23(33)28-19(5)24(34)32-15-11-12-21(30-32)25(35)36/h16-17,19,21-22,30H,4,10-15H2,1-3,5-9H3,(H,28,33)(H,29,37)(H,35,36)/b20-16-/t19-,21-,22-/m0/s1. The molecule has 1 aliphatic rings. The van der Waals surface area contributed by atoms with Gasteiger partial charge in [-0.05, 0) is 51.0 Å². The third-order valence-corrected chi connectivity index (χ3v) is 6.74. The number of nitrogens with zero attached hydrogens (tertiary/aromatic N) is 2. The van der Waals surface area contributed by atoms with Crippen molar-refractivity contribution in [2.45, 2.75) is 91.8 Å². The number of amides is 3. The van der Waals surface area contributed by atoms with Gasteiger partial charge >= 0.3 is 5.97 Å². The molecule has 3 atom stereocenters. The molecule has 1 fully saturated rings. The second-order valence-electron chi connectivity index (χ2n) is 11.0. The molecule has 0 aromatic heterocycles. The van der Waals surface area contributed by atoms with E-state index < -0.39 is 41.3 Å². The molecule has 0 bridgehead atoms. The number of carboxylic acid groups (broad SMARTS) is 1. The third-order valence-electron chi connectivity index (χ3n) is 6.74. The second kappa shape index (κ2) is 14.2. The Labute approximate surface area is 221 Å². The van der Waals surface area contributed by atoms with Gasteiger partial charge in [-0.2, -0.15) is 0 Å². The van der Waals surface area contributed by atoms with E-state index in [-0.39, 0.29) is 11.8 Å². The number of carbonyl (C=O) groups is 4. The molecule has 0 unspecified atom stereocenters. The molecule has 0 aliphatic carbocycles. The van der Waals surface area contributed by atoms with E-state index >= 15 is 0 Å². The average Bonchev–Trinajstić information content (AvgIpc) is 2.83. The molecule has 0 saturated carbocycles. The van der Waals surface area contributed by atoms with Crippen LogP contribution in [0.4, 0.5) is 0 Å². The zero-order chi connectivity index (χ0) is 28.5. The molecule has 210 valence electrons. The molecule has 0 radical (unpaired) electrons. The molecule has 4 N–H and O–H groups in total. The van der Waals surface area contributed by atoms with Crippen LogP contribution >= 0.6 is 0 Å². The minimum atomic E-state index is -1.03. The van der Waals surface area contributed by atoms with E-state index in [2.05, 4.69) is 22.6 Å². The molecule has 0 aromatic carbocycles. The van der Waals surface area contributed by atoms with Crippen LogP contribution in [-0.2, 0) is 19.2 Å². The van der Waals surface area contributed by atoms with Crippen LogP contribution in [0.25, 0.3) is 0 Å². The number of hydrazine groups is 1. The first kappa shape index (κ1) is 32.1. The fourth-order valence-electron chi connectivity index (χ4n) is 3.91. The maximum atomic E-state index is 13.2. The van der Waals surface area contributed by atoms with E-state index in [1.807, 2.05) is 59.7 Å². The van der Waals surface area contributed by atoms with Gasteiger partial charge in [0.2, 0.25) is 11.8 Å². The molecular weight excluding hydrogens is 474 g/mol. The zero-order valence-electron chi connectivity index (χ0n) is 23.8. The molecule has 0 aromatic rings. The average molecular weight is 522 g/mol. The molecule has 1 rings (SSSR count). The van der Waals surface area contributed by atoms with E-state index in [9.17, 15) is 24.3 Å². The van der Waals surface area contributed by atoms with Crippen molar-refractivity contribution in [3.05, 3.63) is 23.9 Å². The molecule has 1 aliphatic heterocycles. The topological polar surface area (TPSA) is 131 Å². The Morgan fingerprint density at radius 3 is 2.32 bits per heavy atom. The molecule has 1 heterocycles. The van der Waals surface area contributed by atoms with Crippen molar-refractivity contribution in [1.82, 2.24) is 26.0 Å². The summed E-state index contributed by atoms with van der Waals surface area (Å²) in [5, 5.41) is 16.1. The Balaban J connectivity index is 2.83. The summed E-state index contributed by atoms with van der Waals surface area (Å²) >= 11 is 0. The lowest BCUT2D eigenvalue weighted by Crippen LogP contribution is -2.61. The van der Waals surface area contributed by atoms with Crippen molar-refractivity contribution in [2.75, 3.05) is 20.6 Å². The van der Waals surface area contributed by atoms with Crippen molar-refractivity contribution in [2.24, 2.45) is 11.3 Å². The number of aliphatic carboxylic acids is 1. The molecule has 37 heavy (non-hydrogen) atoms. The first-order valence-corrected chi connectivity index (χ1v) is 13.1. The number of hydrogen-bond acceptors (Lipinski definition) is 6. The number of carboxylic acids is 1. The highest BCUT2D eigenvalue weighted by atomic mass is 16.4. The molecule has 0 spiro atoms. The quantitative estimate of drug-likeness (QED) is 0.274. The lowest BCUT2D eigenvalue weighted by molar-refractivity contribution is -0.148. The second-order valence-corrected chi connectivity index (χ2v) is 11.0. The van der Waals surface area contributed by atoms with Crippen LogP contribution in [0.15, 0.2) is 23.9 Å². The number of hydrogen-bond donors (Lipinski definition) is 4. The minimum Gasteiger partial charge on any atom is -0.480 e. The normalized spacial score (nSPS) is 18.1. The molecule has 10 nitrogen and oxygen atoms in total. The van der Waals surface area contributed by atoms with Crippen LogP contribution in [0.5, 0.6) is 0 Å². The number of nitrogens with one attached hydrogen (secondary N) is 3. The number of rotatable bonds is 13. The largest absolute Gasteiger partial charge is 0.480 e. The lowest BCUT2D eigenvalue weighted by atomic mass is 9.85. The van der Waals surface area contributed by atoms with Gasteiger partial charge in [-0.3, -0.25) is 24.2 Å². The monoisotopic (exact) mass is 521 g/mol. The minimum absolute atomic E-state index is 0.211.